The minimum atomic E-state index is -1.11. The lowest BCUT2D eigenvalue weighted by atomic mass is 10.2. The van der Waals surface area contributed by atoms with Crippen molar-refractivity contribution >= 4 is 75.4 Å². The number of nitrogens with zero attached hydrogens (tertiary/aromatic N) is 1. The van der Waals surface area contributed by atoms with E-state index in [-0.39, 0.29) is 24.8 Å². The van der Waals surface area contributed by atoms with Crippen LogP contribution in [-0.4, -0.2) is 45.2 Å². The number of hydrogen-bond donors (Lipinski definition) is 2. The maximum Gasteiger partial charge on any atom is 0.322 e. The number of rotatable bonds is 7. The molecule has 0 radical (unpaired) electrons. The van der Waals surface area contributed by atoms with Gasteiger partial charge in [0.15, 0.2) is 0 Å². The van der Waals surface area contributed by atoms with Crippen LogP contribution >= 0.6 is 47.2 Å². The van der Waals surface area contributed by atoms with E-state index < -0.39 is 12.5 Å². The average molecular weight is 433 g/mol. The third-order valence-electron chi connectivity index (χ3n) is 3.36. The smallest absolute Gasteiger partial charge is 0.322 e. The Balaban J connectivity index is 1.96. The molecular formula is C16H14Cl2N2O4S2. The Bertz CT molecular complexity index is 798. The molecule has 1 heterocycles. The topological polar surface area (TPSA) is 86.7 Å². The Labute approximate surface area is 169 Å². The van der Waals surface area contributed by atoms with Crippen LogP contribution in [0.1, 0.15) is 18.4 Å². The van der Waals surface area contributed by atoms with E-state index in [1.54, 1.807) is 24.3 Å². The van der Waals surface area contributed by atoms with Crippen LogP contribution in [0, 0.1) is 0 Å². The van der Waals surface area contributed by atoms with E-state index in [9.17, 15) is 14.4 Å². The molecule has 0 aromatic heterocycles. The predicted molar refractivity (Wildman–Crippen MR) is 106 cm³/mol. The van der Waals surface area contributed by atoms with Crippen LogP contribution < -0.4 is 5.32 Å². The molecule has 10 heteroatoms. The van der Waals surface area contributed by atoms with Gasteiger partial charge in [-0.15, -0.1) is 0 Å². The summed E-state index contributed by atoms with van der Waals surface area (Å²) >= 11 is 18.5. The molecule has 2 rings (SSSR count). The van der Waals surface area contributed by atoms with Crippen molar-refractivity contribution in [3.8, 4) is 0 Å². The van der Waals surface area contributed by atoms with E-state index in [1.165, 1.54) is 4.90 Å². The summed E-state index contributed by atoms with van der Waals surface area (Å²) in [5.74, 6) is -1.76. The highest BCUT2D eigenvalue weighted by Gasteiger charge is 2.31. The van der Waals surface area contributed by atoms with Crippen LogP contribution in [-0.2, 0) is 14.4 Å². The zero-order chi connectivity index (χ0) is 19.3. The molecule has 1 aliphatic heterocycles. The fraction of sp³-hybridized carbons (Fsp3) is 0.250. The summed E-state index contributed by atoms with van der Waals surface area (Å²) in [6, 6.07) is 5.13. The Morgan fingerprint density at radius 3 is 2.77 bits per heavy atom. The van der Waals surface area contributed by atoms with Gasteiger partial charge in [0.05, 0.1) is 15.0 Å². The van der Waals surface area contributed by atoms with Gasteiger partial charge >= 0.3 is 5.97 Å². The number of amides is 2. The third kappa shape index (κ3) is 5.44. The van der Waals surface area contributed by atoms with Gasteiger partial charge in [0.2, 0.25) is 5.91 Å². The summed E-state index contributed by atoms with van der Waals surface area (Å²) in [5, 5.41) is 11.5. The number of carboxylic acids is 1. The number of hydrogen-bond acceptors (Lipinski definition) is 5. The zero-order valence-electron chi connectivity index (χ0n) is 13.3. The predicted octanol–water partition coefficient (Wildman–Crippen LogP) is 3.18. The van der Waals surface area contributed by atoms with Crippen molar-refractivity contribution in [2.75, 3.05) is 13.1 Å². The summed E-state index contributed by atoms with van der Waals surface area (Å²) in [6.45, 7) is -0.158. The van der Waals surface area contributed by atoms with Crippen molar-refractivity contribution < 1.29 is 19.5 Å². The van der Waals surface area contributed by atoms with E-state index >= 15 is 0 Å². The number of thioether (sulfide) groups is 1. The molecule has 2 amide bonds. The fourth-order valence-corrected chi connectivity index (χ4v) is 3.79. The molecule has 2 N–H and O–H groups in total. The van der Waals surface area contributed by atoms with Gasteiger partial charge in [0, 0.05) is 13.0 Å². The first-order valence-corrected chi connectivity index (χ1v) is 9.45. The van der Waals surface area contributed by atoms with E-state index in [0.717, 1.165) is 11.8 Å². The van der Waals surface area contributed by atoms with Gasteiger partial charge in [-0.3, -0.25) is 19.3 Å². The molecule has 138 valence electrons. The van der Waals surface area contributed by atoms with Crippen LogP contribution in [0.15, 0.2) is 23.1 Å². The summed E-state index contributed by atoms with van der Waals surface area (Å²) in [4.78, 5) is 36.2. The number of benzene rings is 1. The molecule has 0 atom stereocenters. The minimum absolute atomic E-state index is 0.101. The summed E-state index contributed by atoms with van der Waals surface area (Å²) in [6.07, 6.45) is 2.10. The fourth-order valence-electron chi connectivity index (χ4n) is 2.13. The molecule has 1 aliphatic rings. The Morgan fingerprint density at radius 2 is 2.08 bits per heavy atom. The second-order valence-electron chi connectivity index (χ2n) is 5.25. The molecule has 0 bridgehead atoms. The van der Waals surface area contributed by atoms with Gasteiger partial charge in [-0.1, -0.05) is 59.3 Å². The number of halogens is 2. The number of carboxylic acid groups (broad SMARTS) is 1. The zero-order valence-corrected chi connectivity index (χ0v) is 16.5. The van der Waals surface area contributed by atoms with E-state index in [4.69, 9.17) is 40.5 Å². The molecule has 1 saturated heterocycles. The first-order chi connectivity index (χ1) is 12.3. The standard InChI is InChI=1S/C16H14Cl2N2O4S2/c17-10-4-1-3-9(14(10)18)7-11-15(24)20(16(25)26-11)6-2-5-12(21)19-8-13(22)23/h1,3-4,7H,2,5-6,8H2,(H,19,21)(H,22,23)/b11-7-. The largest absolute Gasteiger partial charge is 0.480 e. The lowest BCUT2D eigenvalue weighted by Crippen LogP contribution is -2.32. The van der Waals surface area contributed by atoms with Crippen molar-refractivity contribution in [3.63, 3.8) is 0 Å². The van der Waals surface area contributed by atoms with Gasteiger partial charge in [-0.2, -0.15) is 0 Å². The first-order valence-electron chi connectivity index (χ1n) is 7.47. The van der Waals surface area contributed by atoms with Crippen molar-refractivity contribution in [2.24, 2.45) is 0 Å². The van der Waals surface area contributed by atoms with E-state index in [2.05, 4.69) is 5.32 Å². The second-order valence-corrected chi connectivity index (χ2v) is 7.71. The van der Waals surface area contributed by atoms with Gasteiger partial charge < -0.3 is 10.4 Å². The summed E-state index contributed by atoms with van der Waals surface area (Å²) in [5.41, 5.74) is 0.618. The highest BCUT2D eigenvalue weighted by atomic mass is 35.5. The van der Waals surface area contributed by atoms with Crippen LogP contribution in [0.5, 0.6) is 0 Å². The summed E-state index contributed by atoms with van der Waals surface area (Å²) in [7, 11) is 0. The number of carbonyl (C=O) groups is 3. The molecule has 0 aliphatic carbocycles. The molecule has 0 saturated carbocycles. The highest BCUT2D eigenvalue weighted by molar-refractivity contribution is 8.26. The SMILES string of the molecule is O=C(O)CNC(=O)CCCN1C(=O)/C(=C/c2cccc(Cl)c2Cl)SC1=S. The van der Waals surface area contributed by atoms with Crippen LogP contribution in [0.25, 0.3) is 6.08 Å². The summed E-state index contributed by atoms with van der Waals surface area (Å²) < 4.78 is 0.394. The Hall–Kier alpha value is -1.61. The van der Waals surface area contributed by atoms with Gasteiger partial charge in [0.1, 0.15) is 10.9 Å². The molecular weight excluding hydrogens is 419 g/mol. The van der Waals surface area contributed by atoms with Gasteiger partial charge in [-0.05, 0) is 24.1 Å². The average Bonchev–Trinajstić information content (AvgIpc) is 2.84. The van der Waals surface area contributed by atoms with Gasteiger partial charge in [0.25, 0.3) is 5.91 Å². The molecule has 26 heavy (non-hydrogen) atoms. The lowest BCUT2D eigenvalue weighted by Gasteiger charge is -2.13. The number of aliphatic carboxylic acids is 1. The molecule has 6 nitrogen and oxygen atoms in total. The van der Waals surface area contributed by atoms with E-state index in [0.29, 0.717) is 31.3 Å². The van der Waals surface area contributed by atoms with Crippen molar-refractivity contribution in [2.45, 2.75) is 12.8 Å². The van der Waals surface area contributed by atoms with Crippen molar-refractivity contribution in [3.05, 3.63) is 38.7 Å². The number of carbonyl (C=O) groups excluding carboxylic acids is 2. The Kier molecular flexibility index (Phi) is 7.45. The molecule has 0 unspecified atom stereocenters. The van der Waals surface area contributed by atoms with Crippen molar-refractivity contribution in [1.82, 2.24) is 10.2 Å². The monoisotopic (exact) mass is 432 g/mol. The molecule has 1 aromatic rings. The molecule has 0 spiro atoms. The number of nitrogens with one attached hydrogen (secondary N) is 1. The number of thiocarbonyl (C=S) groups is 1. The maximum atomic E-state index is 12.5. The van der Waals surface area contributed by atoms with Crippen molar-refractivity contribution in [1.29, 1.82) is 0 Å². The second kappa shape index (κ2) is 9.36. The van der Waals surface area contributed by atoms with Crippen LogP contribution in [0.4, 0.5) is 0 Å². The highest BCUT2D eigenvalue weighted by Crippen LogP contribution is 2.35. The van der Waals surface area contributed by atoms with Crippen LogP contribution in [0.3, 0.4) is 0 Å². The van der Waals surface area contributed by atoms with E-state index in [1.807, 2.05) is 0 Å². The molecule has 1 aromatic carbocycles. The first kappa shape index (κ1) is 20.7. The maximum absolute atomic E-state index is 12.5. The third-order valence-corrected chi connectivity index (χ3v) is 5.58. The Morgan fingerprint density at radius 1 is 1.35 bits per heavy atom. The quantitative estimate of drug-likeness (QED) is 0.508. The lowest BCUT2D eigenvalue weighted by molar-refractivity contribution is -0.137. The normalized spacial score (nSPS) is 15.6. The molecule has 1 fully saturated rings. The van der Waals surface area contributed by atoms with Crippen LogP contribution in [0.2, 0.25) is 10.0 Å². The van der Waals surface area contributed by atoms with Gasteiger partial charge in [-0.25, -0.2) is 0 Å². The minimum Gasteiger partial charge on any atom is -0.480 e.